The van der Waals surface area contributed by atoms with Crippen molar-refractivity contribution in [3.63, 3.8) is 0 Å². The highest BCUT2D eigenvalue weighted by atomic mass is 79.9. The predicted octanol–water partition coefficient (Wildman–Crippen LogP) is 2.26. The van der Waals surface area contributed by atoms with Crippen LogP contribution >= 0.6 is 15.9 Å². The number of nitrogens with two attached hydrogens (primary N) is 1. The van der Waals surface area contributed by atoms with Crippen molar-refractivity contribution in [3.8, 4) is 0 Å². The SMILES string of the molecule is N[C@H]1CCN(Cc2c(F)ccc(Br)c2F)C1. The Labute approximate surface area is 102 Å². The first kappa shape index (κ1) is 12.0. The van der Waals surface area contributed by atoms with Crippen LogP contribution in [0, 0.1) is 11.6 Å². The van der Waals surface area contributed by atoms with Crippen LogP contribution in [0.4, 0.5) is 8.78 Å². The van der Waals surface area contributed by atoms with E-state index in [0.29, 0.717) is 11.0 Å². The topological polar surface area (TPSA) is 29.3 Å². The van der Waals surface area contributed by atoms with E-state index in [1.807, 2.05) is 4.90 Å². The summed E-state index contributed by atoms with van der Waals surface area (Å²) in [5.41, 5.74) is 5.86. The molecule has 0 radical (unpaired) electrons. The Bertz CT molecular complexity index is 398. The van der Waals surface area contributed by atoms with Gasteiger partial charge in [0.2, 0.25) is 0 Å². The van der Waals surface area contributed by atoms with Crippen molar-refractivity contribution < 1.29 is 8.78 Å². The standard InChI is InChI=1S/C11H13BrF2N2/c12-9-1-2-10(13)8(11(9)14)6-16-4-3-7(15)5-16/h1-2,7H,3-6,15H2/t7-/m0/s1. The van der Waals surface area contributed by atoms with Crippen molar-refractivity contribution >= 4 is 15.9 Å². The van der Waals surface area contributed by atoms with E-state index >= 15 is 0 Å². The summed E-state index contributed by atoms with van der Waals surface area (Å²) in [7, 11) is 0. The van der Waals surface area contributed by atoms with Crippen LogP contribution < -0.4 is 5.73 Å². The molecule has 1 aliphatic heterocycles. The summed E-state index contributed by atoms with van der Waals surface area (Å²) < 4.78 is 27.4. The van der Waals surface area contributed by atoms with Crippen molar-refractivity contribution in [2.75, 3.05) is 13.1 Å². The van der Waals surface area contributed by atoms with Crippen molar-refractivity contribution in [1.29, 1.82) is 0 Å². The molecule has 16 heavy (non-hydrogen) atoms. The Kier molecular flexibility index (Phi) is 3.56. The molecular weight excluding hydrogens is 278 g/mol. The zero-order valence-electron chi connectivity index (χ0n) is 8.72. The van der Waals surface area contributed by atoms with Crippen LogP contribution in [0.25, 0.3) is 0 Å². The van der Waals surface area contributed by atoms with E-state index in [9.17, 15) is 8.78 Å². The van der Waals surface area contributed by atoms with Crippen LogP contribution in [0.3, 0.4) is 0 Å². The lowest BCUT2D eigenvalue weighted by atomic mass is 10.2. The van der Waals surface area contributed by atoms with Gasteiger partial charge >= 0.3 is 0 Å². The maximum Gasteiger partial charge on any atom is 0.144 e. The van der Waals surface area contributed by atoms with E-state index in [2.05, 4.69) is 15.9 Å². The molecule has 1 atom stereocenters. The third kappa shape index (κ3) is 2.42. The Morgan fingerprint density at radius 2 is 2.19 bits per heavy atom. The van der Waals surface area contributed by atoms with E-state index in [-0.39, 0.29) is 18.2 Å². The average Bonchev–Trinajstić information content (AvgIpc) is 2.65. The number of nitrogens with zero attached hydrogens (tertiary/aromatic N) is 1. The Balaban J connectivity index is 2.18. The van der Waals surface area contributed by atoms with E-state index in [1.54, 1.807) is 0 Å². The maximum atomic E-state index is 13.7. The summed E-state index contributed by atoms with van der Waals surface area (Å²) in [5.74, 6) is -1.01. The maximum absolute atomic E-state index is 13.7. The largest absolute Gasteiger partial charge is 0.326 e. The van der Waals surface area contributed by atoms with E-state index in [4.69, 9.17) is 5.73 Å². The van der Waals surface area contributed by atoms with Crippen LogP contribution in [-0.4, -0.2) is 24.0 Å². The highest BCUT2D eigenvalue weighted by Gasteiger charge is 2.22. The fourth-order valence-electron chi connectivity index (χ4n) is 1.94. The molecule has 1 aromatic carbocycles. The van der Waals surface area contributed by atoms with Gasteiger partial charge in [-0.1, -0.05) is 0 Å². The monoisotopic (exact) mass is 290 g/mol. The first-order valence-corrected chi connectivity index (χ1v) is 5.97. The van der Waals surface area contributed by atoms with Gasteiger partial charge in [0.15, 0.2) is 0 Å². The lowest BCUT2D eigenvalue weighted by molar-refractivity contribution is 0.314. The zero-order valence-corrected chi connectivity index (χ0v) is 10.3. The van der Waals surface area contributed by atoms with Gasteiger partial charge in [-0.05, 0) is 34.5 Å². The minimum absolute atomic E-state index is 0.114. The highest BCUT2D eigenvalue weighted by molar-refractivity contribution is 9.10. The summed E-state index contributed by atoms with van der Waals surface area (Å²) in [5, 5.41) is 0. The summed E-state index contributed by atoms with van der Waals surface area (Å²) in [6.07, 6.45) is 0.886. The van der Waals surface area contributed by atoms with Crippen molar-refractivity contribution in [2.24, 2.45) is 5.73 Å². The van der Waals surface area contributed by atoms with Gasteiger partial charge in [-0.3, -0.25) is 4.90 Å². The highest BCUT2D eigenvalue weighted by Crippen LogP contribution is 2.23. The number of hydrogen-bond acceptors (Lipinski definition) is 2. The minimum Gasteiger partial charge on any atom is -0.326 e. The smallest absolute Gasteiger partial charge is 0.144 e. The summed E-state index contributed by atoms with van der Waals surface area (Å²) in [6.45, 7) is 1.78. The van der Waals surface area contributed by atoms with Gasteiger partial charge in [0.05, 0.1) is 4.47 Å². The van der Waals surface area contributed by atoms with E-state index < -0.39 is 11.6 Å². The lowest BCUT2D eigenvalue weighted by Gasteiger charge is -2.16. The van der Waals surface area contributed by atoms with Crippen molar-refractivity contribution in [2.45, 2.75) is 19.0 Å². The van der Waals surface area contributed by atoms with Gasteiger partial charge in [-0.25, -0.2) is 8.78 Å². The number of rotatable bonds is 2. The fourth-order valence-corrected chi connectivity index (χ4v) is 2.32. The molecule has 5 heteroatoms. The number of halogens is 3. The van der Waals surface area contributed by atoms with Crippen LogP contribution in [0.15, 0.2) is 16.6 Å². The van der Waals surface area contributed by atoms with Gasteiger partial charge in [-0.15, -0.1) is 0 Å². The molecule has 88 valence electrons. The van der Waals surface area contributed by atoms with E-state index in [1.165, 1.54) is 12.1 Å². The van der Waals surface area contributed by atoms with Crippen LogP contribution in [0.5, 0.6) is 0 Å². The molecule has 0 saturated carbocycles. The van der Waals surface area contributed by atoms with Gasteiger partial charge in [0, 0.05) is 31.2 Å². The summed E-state index contributed by atoms with van der Waals surface area (Å²) in [6, 6.07) is 2.78. The molecule has 1 heterocycles. The molecule has 2 nitrogen and oxygen atoms in total. The molecule has 0 aliphatic carbocycles. The zero-order chi connectivity index (χ0) is 11.7. The number of benzene rings is 1. The molecule has 0 aromatic heterocycles. The fraction of sp³-hybridized carbons (Fsp3) is 0.455. The second kappa shape index (κ2) is 4.77. The Morgan fingerprint density at radius 1 is 1.44 bits per heavy atom. The quantitative estimate of drug-likeness (QED) is 0.847. The van der Waals surface area contributed by atoms with Crippen LogP contribution in [0.1, 0.15) is 12.0 Å². The minimum atomic E-state index is -0.513. The molecule has 0 amide bonds. The third-order valence-corrected chi connectivity index (χ3v) is 3.44. The summed E-state index contributed by atoms with van der Waals surface area (Å²) in [4.78, 5) is 1.97. The normalized spacial score (nSPS) is 21.6. The van der Waals surface area contributed by atoms with Crippen LogP contribution in [0.2, 0.25) is 0 Å². The van der Waals surface area contributed by atoms with Gasteiger partial charge in [0.1, 0.15) is 11.6 Å². The molecule has 0 bridgehead atoms. The molecule has 2 N–H and O–H groups in total. The van der Waals surface area contributed by atoms with Crippen LogP contribution in [-0.2, 0) is 6.54 Å². The van der Waals surface area contributed by atoms with Gasteiger partial charge in [-0.2, -0.15) is 0 Å². The first-order chi connectivity index (χ1) is 7.58. The number of hydrogen-bond donors (Lipinski definition) is 1. The first-order valence-electron chi connectivity index (χ1n) is 5.18. The molecule has 1 aliphatic rings. The molecule has 2 rings (SSSR count). The van der Waals surface area contributed by atoms with Gasteiger partial charge < -0.3 is 5.73 Å². The second-order valence-corrected chi connectivity index (χ2v) is 4.96. The van der Waals surface area contributed by atoms with E-state index in [0.717, 1.165) is 13.0 Å². The van der Waals surface area contributed by atoms with Gasteiger partial charge in [0.25, 0.3) is 0 Å². The average molecular weight is 291 g/mol. The summed E-state index contributed by atoms with van der Waals surface area (Å²) >= 11 is 3.06. The molecule has 1 fully saturated rings. The molecule has 0 unspecified atom stereocenters. The molecule has 1 aromatic rings. The van der Waals surface area contributed by atoms with Crippen molar-refractivity contribution in [1.82, 2.24) is 4.90 Å². The Hall–Kier alpha value is -0.520. The predicted molar refractivity (Wildman–Crippen MR) is 61.9 cm³/mol. The molecular formula is C11H13BrF2N2. The second-order valence-electron chi connectivity index (χ2n) is 4.11. The molecule has 1 saturated heterocycles. The molecule has 0 spiro atoms. The Morgan fingerprint density at radius 3 is 2.81 bits per heavy atom. The van der Waals surface area contributed by atoms with Crippen molar-refractivity contribution in [3.05, 3.63) is 33.8 Å². The number of likely N-dealkylation sites (tertiary alicyclic amines) is 1. The lowest BCUT2D eigenvalue weighted by Crippen LogP contribution is -2.27. The third-order valence-electron chi connectivity index (χ3n) is 2.83.